The number of aromatic nitrogens is 3. The van der Waals surface area contributed by atoms with Gasteiger partial charge in [0.25, 0.3) is 6.01 Å². The molecule has 0 fully saturated rings. The van der Waals surface area contributed by atoms with Crippen molar-refractivity contribution in [3.8, 4) is 17.1 Å². The van der Waals surface area contributed by atoms with Crippen molar-refractivity contribution in [2.75, 3.05) is 0 Å². The molecule has 0 radical (unpaired) electrons. The minimum Gasteiger partial charge on any atom is -0.481 e. The van der Waals surface area contributed by atoms with Crippen LogP contribution in [0.2, 0.25) is 0 Å². The number of benzene rings is 2. The maximum atomic E-state index is 15.3. The molecule has 2 heterocycles. The molecule has 8 heteroatoms. The number of imidazole rings is 1. The summed E-state index contributed by atoms with van der Waals surface area (Å²) in [7, 11) is 1.90. The van der Waals surface area contributed by atoms with Crippen LogP contribution in [-0.4, -0.2) is 25.6 Å². The number of halogens is 2. The Bertz CT molecular complexity index is 1450. The van der Waals surface area contributed by atoms with Gasteiger partial charge in [0.05, 0.1) is 17.0 Å². The number of H-pyrrole nitrogens is 1. The molecule has 2 aromatic carbocycles. The summed E-state index contributed by atoms with van der Waals surface area (Å²) in [6, 6.07) is 8.22. The van der Waals surface area contributed by atoms with Gasteiger partial charge >= 0.3 is 5.97 Å². The van der Waals surface area contributed by atoms with Crippen molar-refractivity contribution in [3.63, 3.8) is 0 Å². The van der Waals surface area contributed by atoms with Crippen LogP contribution in [0.1, 0.15) is 6.92 Å². The van der Waals surface area contributed by atoms with Gasteiger partial charge in [-0.05, 0) is 41.8 Å². The molecule has 0 aliphatic heterocycles. The van der Waals surface area contributed by atoms with Crippen molar-refractivity contribution in [1.29, 1.82) is 0 Å². The lowest BCUT2D eigenvalue weighted by Crippen LogP contribution is -2.21. The first-order chi connectivity index (χ1) is 15.3. The number of nitrogens with zero attached hydrogens (tertiary/aromatic N) is 2. The first-order valence-electron chi connectivity index (χ1n) is 10.1. The molecule has 2 unspecified atom stereocenters. The molecule has 4 aromatic rings. The van der Waals surface area contributed by atoms with Gasteiger partial charge in [-0.1, -0.05) is 19.1 Å². The second-order valence-corrected chi connectivity index (χ2v) is 7.94. The van der Waals surface area contributed by atoms with Crippen LogP contribution < -0.4 is 4.74 Å². The molecule has 0 saturated carbocycles. The lowest BCUT2D eigenvalue weighted by Gasteiger charge is -2.18. The van der Waals surface area contributed by atoms with E-state index in [-0.39, 0.29) is 34.3 Å². The Labute approximate surface area is 181 Å². The van der Waals surface area contributed by atoms with Crippen LogP contribution in [0.25, 0.3) is 33.1 Å². The third-order valence-corrected chi connectivity index (χ3v) is 5.80. The molecule has 1 aliphatic carbocycles. The van der Waals surface area contributed by atoms with Crippen molar-refractivity contribution in [2.45, 2.75) is 6.92 Å². The first kappa shape index (κ1) is 20.0. The number of aryl methyl sites for hydroxylation is 1. The molecule has 0 amide bonds. The second kappa shape index (κ2) is 7.33. The zero-order chi connectivity index (χ0) is 22.6. The molecule has 0 saturated heterocycles. The van der Waals surface area contributed by atoms with E-state index in [0.717, 1.165) is 10.9 Å². The summed E-state index contributed by atoms with van der Waals surface area (Å²) in [6.45, 7) is 1.79. The van der Waals surface area contributed by atoms with Crippen LogP contribution in [0.15, 0.2) is 60.5 Å². The van der Waals surface area contributed by atoms with Gasteiger partial charge in [-0.3, -0.25) is 4.79 Å². The van der Waals surface area contributed by atoms with Gasteiger partial charge < -0.3 is 19.4 Å². The van der Waals surface area contributed by atoms with Gasteiger partial charge in [0, 0.05) is 30.2 Å². The summed E-state index contributed by atoms with van der Waals surface area (Å²) in [5, 5.41) is 10.2. The van der Waals surface area contributed by atoms with Crippen molar-refractivity contribution in [2.24, 2.45) is 18.9 Å². The highest BCUT2D eigenvalue weighted by Gasteiger charge is 2.25. The lowest BCUT2D eigenvalue weighted by atomic mass is 9.89. The van der Waals surface area contributed by atoms with Crippen LogP contribution in [0.3, 0.4) is 0 Å². The molecule has 0 bridgehead atoms. The van der Waals surface area contributed by atoms with Gasteiger partial charge in [0.1, 0.15) is 17.1 Å². The molecule has 2 atom stereocenters. The molecule has 0 spiro atoms. The fraction of sp³-hybridized carbons (Fsp3) is 0.167. The van der Waals surface area contributed by atoms with Gasteiger partial charge in [0.15, 0.2) is 5.82 Å². The summed E-state index contributed by atoms with van der Waals surface area (Å²) in [4.78, 5) is 18.3. The summed E-state index contributed by atoms with van der Waals surface area (Å²) in [5.41, 5.74) is 1.27. The van der Waals surface area contributed by atoms with E-state index >= 15 is 4.39 Å². The Kier molecular flexibility index (Phi) is 4.58. The average molecular weight is 435 g/mol. The smallest absolute Gasteiger partial charge is 0.311 e. The number of carbonyl (C=O) groups is 1. The maximum Gasteiger partial charge on any atom is 0.311 e. The van der Waals surface area contributed by atoms with Crippen LogP contribution in [-0.2, 0) is 11.8 Å². The molecule has 32 heavy (non-hydrogen) atoms. The van der Waals surface area contributed by atoms with Gasteiger partial charge in [0.2, 0.25) is 0 Å². The van der Waals surface area contributed by atoms with E-state index in [9.17, 15) is 14.3 Å². The lowest BCUT2D eigenvalue weighted by molar-refractivity contribution is -0.141. The monoisotopic (exact) mass is 435 g/mol. The minimum absolute atomic E-state index is 0.0523. The quantitative estimate of drug-likeness (QED) is 0.464. The molecule has 5 rings (SSSR count). The molecule has 1 aliphatic rings. The van der Waals surface area contributed by atoms with Crippen LogP contribution in [0, 0.1) is 23.5 Å². The third kappa shape index (κ3) is 3.24. The number of aliphatic carboxylic acids is 1. The molecule has 162 valence electrons. The summed E-state index contributed by atoms with van der Waals surface area (Å²) >= 11 is 0. The minimum atomic E-state index is -0.972. The number of fused-ring (bicyclic) bond motifs is 2. The normalized spacial score (nSPS) is 18.3. The Morgan fingerprint density at radius 3 is 2.84 bits per heavy atom. The van der Waals surface area contributed by atoms with Gasteiger partial charge in [-0.25, -0.2) is 8.78 Å². The zero-order valence-corrected chi connectivity index (χ0v) is 17.3. The van der Waals surface area contributed by atoms with Crippen molar-refractivity contribution in [3.05, 3.63) is 72.2 Å². The number of hydrogen-bond donors (Lipinski definition) is 2. The summed E-state index contributed by atoms with van der Waals surface area (Å²) in [6.07, 6.45) is 6.70. The van der Waals surface area contributed by atoms with Crippen LogP contribution in [0.5, 0.6) is 6.01 Å². The second-order valence-electron chi connectivity index (χ2n) is 7.94. The van der Waals surface area contributed by atoms with Crippen molar-refractivity contribution >= 4 is 27.9 Å². The summed E-state index contributed by atoms with van der Waals surface area (Å²) in [5.74, 6) is -3.16. The standard InChI is InChI=1S/C24H19F2N3O3/c1-12-3-5-15(10-16(12)23(30)31)32-24-27-18-11-17(25)20(21(26)22(18)28-24)14-4-6-19-13(9-14)7-8-29(19)2/h3-12,16H,1-2H3,(H,27,28)(H,30,31). The number of ether oxygens (including phenoxy) is 1. The molecule has 6 nitrogen and oxygen atoms in total. The van der Waals surface area contributed by atoms with E-state index in [1.807, 2.05) is 29.9 Å². The van der Waals surface area contributed by atoms with Crippen LogP contribution >= 0.6 is 0 Å². The van der Waals surface area contributed by atoms with E-state index in [2.05, 4.69) is 9.97 Å². The third-order valence-electron chi connectivity index (χ3n) is 5.80. The first-order valence-corrected chi connectivity index (χ1v) is 10.1. The molecular weight excluding hydrogens is 416 g/mol. The Balaban J connectivity index is 1.53. The highest BCUT2D eigenvalue weighted by molar-refractivity contribution is 5.89. The van der Waals surface area contributed by atoms with E-state index < -0.39 is 23.5 Å². The van der Waals surface area contributed by atoms with E-state index in [4.69, 9.17) is 4.74 Å². The number of allylic oxidation sites excluding steroid dienone is 2. The van der Waals surface area contributed by atoms with Gasteiger partial charge in [-0.2, -0.15) is 4.98 Å². The van der Waals surface area contributed by atoms with Crippen LogP contribution in [0.4, 0.5) is 8.78 Å². The van der Waals surface area contributed by atoms with E-state index in [1.54, 1.807) is 31.2 Å². The van der Waals surface area contributed by atoms with Crippen molar-refractivity contribution < 1.29 is 23.4 Å². The fourth-order valence-electron chi connectivity index (χ4n) is 4.03. The number of carboxylic acids is 1. The zero-order valence-electron chi connectivity index (χ0n) is 17.3. The molecule has 2 aromatic heterocycles. The van der Waals surface area contributed by atoms with E-state index in [0.29, 0.717) is 5.56 Å². The summed E-state index contributed by atoms with van der Waals surface area (Å²) < 4.78 is 37.8. The number of nitrogens with one attached hydrogen (secondary N) is 1. The van der Waals surface area contributed by atoms with Crippen molar-refractivity contribution in [1.82, 2.24) is 14.5 Å². The maximum absolute atomic E-state index is 15.3. The highest BCUT2D eigenvalue weighted by atomic mass is 19.1. The largest absolute Gasteiger partial charge is 0.481 e. The number of hydrogen-bond acceptors (Lipinski definition) is 3. The van der Waals surface area contributed by atoms with Gasteiger partial charge in [-0.15, -0.1) is 0 Å². The number of rotatable bonds is 4. The number of carboxylic acid groups (broad SMARTS) is 1. The molecular formula is C24H19F2N3O3. The SMILES string of the molecule is CC1C=CC(Oc2nc3c(F)c(-c4ccc5c(ccn5C)c4)c(F)cc3[nH]2)=CC1C(=O)O. The Morgan fingerprint density at radius 2 is 2.06 bits per heavy atom. The van der Waals surface area contributed by atoms with E-state index in [1.165, 1.54) is 12.1 Å². The number of aromatic amines is 1. The molecule has 2 N–H and O–H groups in total. The average Bonchev–Trinajstić information content (AvgIpc) is 3.32. The Morgan fingerprint density at radius 1 is 1.25 bits per heavy atom. The predicted molar refractivity (Wildman–Crippen MR) is 116 cm³/mol. The predicted octanol–water partition coefficient (Wildman–Crippen LogP) is 5.17. The fourth-order valence-corrected chi connectivity index (χ4v) is 4.03. The highest BCUT2D eigenvalue weighted by Crippen LogP contribution is 2.34. The Hall–Kier alpha value is -3.94. The topological polar surface area (TPSA) is 80.1 Å².